The fraction of sp³-hybridized carbons (Fsp3) is 0.278. The first-order valence-corrected chi connectivity index (χ1v) is 8.07. The van der Waals surface area contributed by atoms with E-state index in [1.807, 2.05) is 23.1 Å². The highest BCUT2D eigenvalue weighted by Crippen LogP contribution is 2.41. The number of halogens is 1. The van der Waals surface area contributed by atoms with Gasteiger partial charge in [-0.25, -0.2) is 0 Å². The van der Waals surface area contributed by atoms with E-state index in [1.54, 1.807) is 12.1 Å². The maximum Gasteiger partial charge on any atom is 0.254 e. The van der Waals surface area contributed by atoms with E-state index in [1.165, 1.54) is 5.56 Å². The first-order valence-electron chi connectivity index (χ1n) is 7.69. The third-order valence-electron chi connectivity index (χ3n) is 4.37. The number of carbonyl (C=O) groups excluding carboxylic acids is 1. The second-order valence-electron chi connectivity index (χ2n) is 5.76. The second-order valence-corrected chi connectivity index (χ2v) is 6.17. The molecule has 4 rings (SSSR count). The summed E-state index contributed by atoms with van der Waals surface area (Å²) in [6.45, 7) is 0.896. The Morgan fingerprint density at radius 3 is 2.83 bits per heavy atom. The molecule has 1 saturated heterocycles. The lowest BCUT2D eigenvalue weighted by atomic mass is 10.0. The van der Waals surface area contributed by atoms with Gasteiger partial charge in [-0.2, -0.15) is 0 Å². The van der Waals surface area contributed by atoms with Crippen LogP contribution >= 0.6 is 11.6 Å². The molecule has 1 atom stereocenters. The smallest absolute Gasteiger partial charge is 0.254 e. The van der Waals surface area contributed by atoms with E-state index < -0.39 is 0 Å². The average Bonchev–Trinajstić information content (AvgIpc) is 3.24. The Morgan fingerprint density at radius 1 is 1.17 bits per heavy atom. The van der Waals surface area contributed by atoms with Crippen LogP contribution in [0.5, 0.6) is 11.5 Å². The van der Waals surface area contributed by atoms with E-state index in [0.29, 0.717) is 22.1 Å². The number of benzene rings is 2. The summed E-state index contributed by atoms with van der Waals surface area (Å²) in [6, 6.07) is 13.7. The third kappa shape index (κ3) is 2.53. The summed E-state index contributed by atoms with van der Waals surface area (Å²) in [7, 11) is 0. The van der Waals surface area contributed by atoms with Crippen molar-refractivity contribution in [1.82, 2.24) is 4.90 Å². The molecule has 0 unspecified atom stereocenters. The lowest BCUT2D eigenvalue weighted by molar-refractivity contribution is 0.0735. The van der Waals surface area contributed by atoms with E-state index in [0.717, 1.165) is 19.4 Å². The Morgan fingerprint density at radius 2 is 2.00 bits per heavy atom. The molecule has 0 aliphatic carbocycles. The van der Waals surface area contributed by atoms with Crippen molar-refractivity contribution in [3.63, 3.8) is 0 Å². The maximum atomic E-state index is 13.0. The summed E-state index contributed by atoms with van der Waals surface area (Å²) in [6.07, 6.45) is 1.98. The molecule has 0 saturated carbocycles. The molecular formula is C18H16ClNO3. The summed E-state index contributed by atoms with van der Waals surface area (Å²) >= 11 is 6.20. The van der Waals surface area contributed by atoms with Gasteiger partial charge < -0.3 is 14.4 Å². The van der Waals surface area contributed by atoms with E-state index in [4.69, 9.17) is 21.1 Å². The van der Waals surface area contributed by atoms with Crippen LogP contribution in [0.1, 0.15) is 34.8 Å². The fourth-order valence-corrected chi connectivity index (χ4v) is 3.55. The van der Waals surface area contributed by atoms with Gasteiger partial charge in [0, 0.05) is 12.1 Å². The van der Waals surface area contributed by atoms with Gasteiger partial charge in [-0.1, -0.05) is 41.9 Å². The summed E-state index contributed by atoms with van der Waals surface area (Å²) < 4.78 is 10.7. The first kappa shape index (κ1) is 14.4. The Bertz CT molecular complexity index is 747. The van der Waals surface area contributed by atoms with Crippen molar-refractivity contribution in [2.24, 2.45) is 0 Å². The topological polar surface area (TPSA) is 38.8 Å². The molecule has 0 aromatic heterocycles. The van der Waals surface area contributed by atoms with Crippen molar-refractivity contribution in [2.45, 2.75) is 18.9 Å². The molecule has 0 bridgehead atoms. The molecule has 4 nitrogen and oxygen atoms in total. The highest BCUT2D eigenvalue weighted by atomic mass is 35.5. The van der Waals surface area contributed by atoms with E-state index in [2.05, 4.69) is 12.1 Å². The lowest BCUT2D eigenvalue weighted by Crippen LogP contribution is -2.30. The molecule has 5 heteroatoms. The molecule has 23 heavy (non-hydrogen) atoms. The van der Waals surface area contributed by atoms with Crippen molar-refractivity contribution in [2.75, 3.05) is 13.3 Å². The standard InChI is InChI=1S/C18H16ClNO3/c19-14-9-13(10-16-17(14)23-11-22-16)18(21)20-8-4-7-15(20)12-5-2-1-3-6-12/h1-3,5-6,9-10,15H,4,7-8,11H2/t15-/m0/s1. The van der Waals surface area contributed by atoms with Gasteiger partial charge in [-0.3, -0.25) is 4.79 Å². The maximum absolute atomic E-state index is 13.0. The predicted molar refractivity (Wildman–Crippen MR) is 87.0 cm³/mol. The Hall–Kier alpha value is -2.20. The Balaban J connectivity index is 1.65. The number of hydrogen-bond donors (Lipinski definition) is 0. The summed E-state index contributed by atoms with van der Waals surface area (Å²) in [5, 5.41) is 0.416. The van der Waals surface area contributed by atoms with Gasteiger partial charge >= 0.3 is 0 Å². The number of likely N-dealkylation sites (tertiary alicyclic amines) is 1. The van der Waals surface area contributed by atoms with Crippen LogP contribution in [0.25, 0.3) is 0 Å². The minimum absolute atomic E-state index is 0.0171. The van der Waals surface area contributed by atoms with Gasteiger partial charge in [0.1, 0.15) is 0 Å². The van der Waals surface area contributed by atoms with E-state index >= 15 is 0 Å². The van der Waals surface area contributed by atoms with Crippen LogP contribution in [-0.4, -0.2) is 24.1 Å². The molecular weight excluding hydrogens is 314 g/mol. The predicted octanol–water partition coefficient (Wildman–Crippen LogP) is 4.05. The van der Waals surface area contributed by atoms with Crippen LogP contribution in [-0.2, 0) is 0 Å². The van der Waals surface area contributed by atoms with Gasteiger partial charge in [0.25, 0.3) is 5.91 Å². The van der Waals surface area contributed by atoms with Crippen molar-refractivity contribution < 1.29 is 14.3 Å². The normalized spacial score (nSPS) is 19.2. The van der Waals surface area contributed by atoms with Crippen molar-refractivity contribution in [1.29, 1.82) is 0 Å². The van der Waals surface area contributed by atoms with Crippen LogP contribution in [0.4, 0.5) is 0 Å². The Kier molecular flexibility index (Phi) is 3.62. The minimum atomic E-state index is -0.0171. The second kappa shape index (κ2) is 5.78. The largest absolute Gasteiger partial charge is 0.454 e. The monoisotopic (exact) mass is 329 g/mol. The van der Waals surface area contributed by atoms with Crippen molar-refractivity contribution in [3.8, 4) is 11.5 Å². The number of nitrogens with zero attached hydrogens (tertiary/aromatic N) is 1. The quantitative estimate of drug-likeness (QED) is 0.834. The Labute approximate surface area is 139 Å². The highest BCUT2D eigenvalue weighted by Gasteiger charge is 2.31. The van der Waals surface area contributed by atoms with Crippen LogP contribution in [0.2, 0.25) is 5.02 Å². The van der Waals surface area contributed by atoms with Gasteiger partial charge in [0.2, 0.25) is 6.79 Å². The minimum Gasteiger partial charge on any atom is -0.454 e. The summed E-state index contributed by atoms with van der Waals surface area (Å²) in [5.41, 5.74) is 1.72. The SMILES string of the molecule is O=C(c1cc(Cl)c2c(c1)OCO2)N1CCC[C@H]1c1ccccc1. The lowest BCUT2D eigenvalue weighted by Gasteiger charge is -2.25. The van der Waals surface area contributed by atoms with Gasteiger partial charge in [-0.15, -0.1) is 0 Å². The molecule has 2 heterocycles. The van der Waals surface area contributed by atoms with Crippen molar-refractivity contribution in [3.05, 3.63) is 58.6 Å². The van der Waals surface area contributed by atoms with Crippen LogP contribution in [0, 0.1) is 0 Å². The summed E-state index contributed by atoms with van der Waals surface area (Å²) in [4.78, 5) is 14.9. The highest BCUT2D eigenvalue weighted by molar-refractivity contribution is 6.32. The molecule has 1 fully saturated rings. The van der Waals surface area contributed by atoms with Crippen molar-refractivity contribution >= 4 is 17.5 Å². The number of hydrogen-bond acceptors (Lipinski definition) is 3. The van der Waals surface area contributed by atoms with Gasteiger partial charge in [0.15, 0.2) is 11.5 Å². The van der Waals surface area contributed by atoms with Crippen LogP contribution < -0.4 is 9.47 Å². The zero-order chi connectivity index (χ0) is 15.8. The van der Waals surface area contributed by atoms with Crippen LogP contribution in [0.15, 0.2) is 42.5 Å². The average molecular weight is 330 g/mol. The molecule has 2 aromatic rings. The van der Waals surface area contributed by atoms with Gasteiger partial charge in [-0.05, 0) is 30.5 Å². The zero-order valence-electron chi connectivity index (χ0n) is 12.5. The zero-order valence-corrected chi connectivity index (χ0v) is 13.3. The van der Waals surface area contributed by atoms with E-state index in [-0.39, 0.29) is 18.7 Å². The molecule has 2 aliphatic heterocycles. The number of fused-ring (bicyclic) bond motifs is 1. The van der Waals surface area contributed by atoms with Gasteiger partial charge in [0.05, 0.1) is 11.1 Å². The molecule has 0 spiro atoms. The third-order valence-corrected chi connectivity index (χ3v) is 4.65. The number of rotatable bonds is 2. The molecule has 1 amide bonds. The fourth-order valence-electron chi connectivity index (χ4n) is 3.29. The molecule has 118 valence electrons. The number of ether oxygens (including phenoxy) is 2. The number of carbonyl (C=O) groups is 1. The van der Waals surface area contributed by atoms with E-state index in [9.17, 15) is 4.79 Å². The number of amides is 1. The molecule has 0 N–H and O–H groups in total. The van der Waals surface area contributed by atoms with Crippen LogP contribution in [0.3, 0.4) is 0 Å². The molecule has 0 radical (unpaired) electrons. The summed E-state index contributed by atoms with van der Waals surface area (Å²) in [5.74, 6) is 1.04. The molecule has 2 aromatic carbocycles. The molecule has 2 aliphatic rings. The first-order chi connectivity index (χ1) is 11.2.